The van der Waals surface area contributed by atoms with Crippen LogP contribution in [0, 0.1) is 6.92 Å². The fourth-order valence-electron chi connectivity index (χ4n) is 2.06. The van der Waals surface area contributed by atoms with Crippen molar-refractivity contribution in [2.45, 2.75) is 13.0 Å². The minimum Gasteiger partial charge on any atom is -0.309 e. The van der Waals surface area contributed by atoms with Crippen molar-refractivity contribution < 1.29 is 0 Å². The van der Waals surface area contributed by atoms with Gasteiger partial charge >= 0.3 is 0 Å². The number of hydrogen-bond acceptors (Lipinski definition) is 1. The minimum atomic E-state index is 0.142. The summed E-state index contributed by atoms with van der Waals surface area (Å²) in [5, 5.41) is 4.12. The number of aryl methyl sites for hydroxylation is 1. The molecular weight excluding hydrogens is 230 g/mol. The first-order valence-electron chi connectivity index (χ1n) is 5.70. The van der Waals surface area contributed by atoms with Crippen LogP contribution < -0.4 is 5.32 Å². The van der Waals surface area contributed by atoms with Gasteiger partial charge in [0, 0.05) is 5.02 Å². The number of hydrogen-bond donors (Lipinski definition) is 1. The molecule has 2 rings (SSSR count). The lowest BCUT2D eigenvalue weighted by molar-refractivity contribution is 0.691. The van der Waals surface area contributed by atoms with E-state index in [9.17, 15) is 0 Å². The summed E-state index contributed by atoms with van der Waals surface area (Å²) in [7, 11) is 1.95. The van der Waals surface area contributed by atoms with Crippen molar-refractivity contribution in [3.05, 3.63) is 70.2 Å². The molecule has 2 heteroatoms. The summed E-state index contributed by atoms with van der Waals surface area (Å²) in [5.74, 6) is 0. The predicted octanol–water partition coefficient (Wildman–Crippen LogP) is 3.96. The zero-order chi connectivity index (χ0) is 12.3. The summed E-state index contributed by atoms with van der Waals surface area (Å²) >= 11 is 6.25. The van der Waals surface area contributed by atoms with Crippen molar-refractivity contribution in [3.8, 4) is 0 Å². The molecule has 0 amide bonds. The summed E-state index contributed by atoms with van der Waals surface area (Å²) in [6.45, 7) is 2.10. The Kier molecular flexibility index (Phi) is 3.82. The van der Waals surface area contributed by atoms with Crippen molar-refractivity contribution in [2.24, 2.45) is 0 Å². The molecule has 0 saturated carbocycles. The fraction of sp³-hybridized carbons (Fsp3) is 0.200. The maximum Gasteiger partial charge on any atom is 0.0589 e. The molecule has 1 N–H and O–H groups in total. The van der Waals surface area contributed by atoms with Gasteiger partial charge in [-0.15, -0.1) is 0 Å². The molecule has 2 aromatic rings. The van der Waals surface area contributed by atoms with E-state index in [0.717, 1.165) is 10.6 Å². The van der Waals surface area contributed by atoms with Gasteiger partial charge in [0.1, 0.15) is 0 Å². The molecule has 1 nitrogen and oxygen atoms in total. The first-order chi connectivity index (χ1) is 8.22. The van der Waals surface area contributed by atoms with Crippen molar-refractivity contribution in [2.75, 3.05) is 7.05 Å². The van der Waals surface area contributed by atoms with E-state index >= 15 is 0 Å². The van der Waals surface area contributed by atoms with E-state index in [4.69, 9.17) is 11.6 Å². The van der Waals surface area contributed by atoms with Crippen LogP contribution in [-0.4, -0.2) is 7.05 Å². The molecule has 0 aliphatic heterocycles. The molecular formula is C15H16ClN. The molecule has 0 aromatic heterocycles. The lowest BCUT2D eigenvalue weighted by Crippen LogP contribution is -2.18. The first-order valence-corrected chi connectivity index (χ1v) is 6.08. The first kappa shape index (κ1) is 12.2. The SMILES string of the molecule is CNC(c1cccc(C)c1)c1ccccc1Cl. The third-order valence-electron chi connectivity index (χ3n) is 2.88. The number of halogens is 1. The van der Waals surface area contributed by atoms with Gasteiger partial charge in [-0.3, -0.25) is 0 Å². The van der Waals surface area contributed by atoms with E-state index in [1.807, 2.05) is 25.2 Å². The van der Waals surface area contributed by atoms with Gasteiger partial charge in [0.15, 0.2) is 0 Å². The highest BCUT2D eigenvalue weighted by Gasteiger charge is 2.14. The maximum absolute atomic E-state index is 6.25. The van der Waals surface area contributed by atoms with Gasteiger partial charge in [0.05, 0.1) is 6.04 Å². The zero-order valence-corrected chi connectivity index (χ0v) is 10.8. The van der Waals surface area contributed by atoms with Gasteiger partial charge in [-0.2, -0.15) is 0 Å². The van der Waals surface area contributed by atoms with Crippen LogP contribution in [0.1, 0.15) is 22.7 Å². The van der Waals surface area contributed by atoms with E-state index in [1.54, 1.807) is 0 Å². The number of nitrogens with one attached hydrogen (secondary N) is 1. The summed E-state index contributed by atoms with van der Waals surface area (Å²) in [6.07, 6.45) is 0. The van der Waals surface area contributed by atoms with Crippen LogP contribution in [0.25, 0.3) is 0 Å². The molecule has 0 heterocycles. The predicted molar refractivity (Wildman–Crippen MR) is 73.5 cm³/mol. The molecule has 1 unspecified atom stereocenters. The average molecular weight is 246 g/mol. The number of benzene rings is 2. The Hall–Kier alpha value is -1.31. The molecule has 88 valence electrons. The Labute approximate surface area is 107 Å². The minimum absolute atomic E-state index is 0.142. The van der Waals surface area contributed by atoms with Crippen LogP contribution in [0.3, 0.4) is 0 Å². The average Bonchev–Trinajstić information content (AvgIpc) is 2.33. The summed E-state index contributed by atoms with van der Waals surface area (Å²) < 4.78 is 0. The van der Waals surface area contributed by atoms with Crippen molar-refractivity contribution in [1.29, 1.82) is 0 Å². The normalized spacial score (nSPS) is 12.4. The van der Waals surface area contributed by atoms with Gasteiger partial charge < -0.3 is 5.32 Å². The van der Waals surface area contributed by atoms with Gasteiger partial charge in [-0.1, -0.05) is 59.6 Å². The largest absolute Gasteiger partial charge is 0.309 e. The van der Waals surface area contributed by atoms with Crippen molar-refractivity contribution >= 4 is 11.6 Å². The topological polar surface area (TPSA) is 12.0 Å². The molecule has 0 bridgehead atoms. The lowest BCUT2D eigenvalue weighted by Gasteiger charge is -2.18. The van der Waals surface area contributed by atoms with E-state index in [-0.39, 0.29) is 6.04 Å². The van der Waals surface area contributed by atoms with Gasteiger partial charge in [-0.05, 0) is 31.2 Å². The fourth-order valence-corrected chi connectivity index (χ4v) is 2.31. The van der Waals surface area contributed by atoms with Crippen LogP contribution >= 0.6 is 11.6 Å². The van der Waals surface area contributed by atoms with E-state index in [0.29, 0.717) is 0 Å². The summed E-state index contributed by atoms with van der Waals surface area (Å²) in [4.78, 5) is 0. The second-order valence-electron chi connectivity index (χ2n) is 4.16. The van der Waals surface area contributed by atoms with Gasteiger partial charge in [0.2, 0.25) is 0 Å². The molecule has 0 aliphatic carbocycles. The standard InChI is InChI=1S/C15H16ClN/c1-11-6-5-7-12(10-11)15(17-2)13-8-3-4-9-14(13)16/h3-10,15,17H,1-2H3. The van der Waals surface area contributed by atoms with E-state index < -0.39 is 0 Å². The van der Waals surface area contributed by atoms with Crippen molar-refractivity contribution in [1.82, 2.24) is 5.32 Å². The summed E-state index contributed by atoms with van der Waals surface area (Å²) in [5.41, 5.74) is 3.61. The Morgan fingerprint density at radius 1 is 1.06 bits per heavy atom. The third-order valence-corrected chi connectivity index (χ3v) is 3.22. The Balaban J connectivity index is 2.44. The van der Waals surface area contributed by atoms with E-state index in [1.165, 1.54) is 11.1 Å². The molecule has 0 saturated heterocycles. The molecule has 0 radical (unpaired) electrons. The Bertz CT molecular complexity index is 508. The zero-order valence-electron chi connectivity index (χ0n) is 10.1. The maximum atomic E-state index is 6.25. The highest BCUT2D eigenvalue weighted by atomic mass is 35.5. The summed E-state index contributed by atoms with van der Waals surface area (Å²) in [6, 6.07) is 16.6. The van der Waals surface area contributed by atoms with Crippen molar-refractivity contribution in [3.63, 3.8) is 0 Å². The van der Waals surface area contributed by atoms with Gasteiger partial charge in [0.25, 0.3) is 0 Å². The molecule has 0 fully saturated rings. The quantitative estimate of drug-likeness (QED) is 0.863. The third kappa shape index (κ3) is 2.68. The monoisotopic (exact) mass is 245 g/mol. The second-order valence-corrected chi connectivity index (χ2v) is 4.56. The highest BCUT2D eigenvalue weighted by Crippen LogP contribution is 2.28. The second kappa shape index (κ2) is 5.35. The Morgan fingerprint density at radius 2 is 1.82 bits per heavy atom. The molecule has 2 aromatic carbocycles. The molecule has 0 spiro atoms. The lowest BCUT2D eigenvalue weighted by atomic mass is 9.97. The van der Waals surface area contributed by atoms with Gasteiger partial charge in [-0.25, -0.2) is 0 Å². The van der Waals surface area contributed by atoms with Crippen LogP contribution in [0.5, 0.6) is 0 Å². The van der Waals surface area contributed by atoms with Crippen LogP contribution in [0.2, 0.25) is 5.02 Å². The van der Waals surface area contributed by atoms with E-state index in [2.05, 4.69) is 42.6 Å². The highest BCUT2D eigenvalue weighted by molar-refractivity contribution is 6.31. The smallest absolute Gasteiger partial charge is 0.0589 e. The van der Waals surface area contributed by atoms with Crippen LogP contribution in [0.15, 0.2) is 48.5 Å². The van der Waals surface area contributed by atoms with Crippen LogP contribution in [0.4, 0.5) is 0 Å². The van der Waals surface area contributed by atoms with Crippen LogP contribution in [-0.2, 0) is 0 Å². The molecule has 1 atom stereocenters. The Morgan fingerprint density at radius 3 is 2.47 bits per heavy atom. The molecule has 0 aliphatic rings. The number of rotatable bonds is 3. The molecule has 17 heavy (non-hydrogen) atoms.